The molecule has 2 aromatic carbocycles. The molecule has 0 saturated heterocycles. The van der Waals surface area contributed by atoms with Crippen molar-refractivity contribution < 1.29 is 13.2 Å². The molecule has 1 heterocycles. The fourth-order valence-electron chi connectivity index (χ4n) is 2.70. The van der Waals surface area contributed by atoms with Gasteiger partial charge >= 0.3 is 0 Å². The third kappa shape index (κ3) is 3.88. The van der Waals surface area contributed by atoms with Crippen molar-refractivity contribution in [3.63, 3.8) is 0 Å². The van der Waals surface area contributed by atoms with Gasteiger partial charge in [-0.05, 0) is 29.3 Å². The zero-order valence-corrected chi connectivity index (χ0v) is 15.5. The molecule has 1 aromatic heterocycles. The maximum absolute atomic E-state index is 12.7. The molecule has 0 aliphatic carbocycles. The van der Waals surface area contributed by atoms with Gasteiger partial charge in [-0.2, -0.15) is 0 Å². The summed E-state index contributed by atoms with van der Waals surface area (Å²) in [4.78, 5) is 24.1. The van der Waals surface area contributed by atoms with Crippen molar-refractivity contribution in [2.24, 2.45) is 0 Å². The molecule has 0 spiro atoms. The number of thiol groups is 1. The summed E-state index contributed by atoms with van der Waals surface area (Å²) in [6.45, 7) is 0.301. The molecule has 25 heavy (non-hydrogen) atoms. The number of nitrogens with zero attached hydrogens (tertiary/aromatic N) is 1. The van der Waals surface area contributed by atoms with Crippen LogP contribution in [0, 0.1) is 0 Å². The molecule has 0 fully saturated rings. The van der Waals surface area contributed by atoms with Gasteiger partial charge in [0.1, 0.15) is 10.7 Å². The summed E-state index contributed by atoms with van der Waals surface area (Å²) < 4.78 is 23.8. The second-order valence-electron chi connectivity index (χ2n) is 5.63. The largest absolute Gasteiger partial charge is 0.310 e. The van der Waals surface area contributed by atoms with Gasteiger partial charge in [-0.3, -0.25) is 9.59 Å². The Hall–Kier alpha value is -2.25. The second-order valence-corrected chi connectivity index (χ2v) is 7.53. The van der Waals surface area contributed by atoms with Crippen LogP contribution in [0.15, 0.2) is 57.9 Å². The van der Waals surface area contributed by atoms with Crippen molar-refractivity contribution in [3.8, 4) is 0 Å². The number of carbonyl (C=O) groups is 1. The van der Waals surface area contributed by atoms with E-state index in [1.54, 1.807) is 48.7 Å². The lowest BCUT2D eigenvalue weighted by Gasteiger charge is -2.10. The van der Waals surface area contributed by atoms with Crippen LogP contribution < -0.4 is 5.56 Å². The molecule has 0 radical (unpaired) electrons. The van der Waals surface area contributed by atoms with Crippen LogP contribution in [0.5, 0.6) is 0 Å². The van der Waals surface area contributed by atoms with Crippen LogP contribution in [0.4, 0.5) is 0 Å². The Morgan fingerprint density at radius 2 is 1.68 bits per heavy atom. The van der Waals surface area contributed by atoms with Crippen LogP contribution in [-0.2, 0) is 23.0 Å². The first-order chi connectivity index (χ1) is 12.0. The Labute approximate surface area is 154 Å². The van der Waals surface area contributed by atoms with Crippen molar-refractivity contribution in [2.75, 3.05) is 0 Å². The van der Waals surface area contributed by atoms with Crippen LogP contribution in [0.2, 0.25) is 0 Å². The number of hydrogen-bond acceptors (Lipinski definition) is 4. The number of aldehydes is 1. The molecule has 7 heteroatoms. The van der Waals surface area contributed by atoms with Gasteiger partial charge in [0.05, 0.1) is 12.3 Å². The van der Waals surface area contributed by atoms with Gasteiger partial charge in [-0.1, -0.05) is 40.2 Å². The molecular weight excluding hydrogens is 406 g/mol. The number of benzene rings is 2. The van der Waals surface area contributed by atoms with E-state index in [-0.39, 0.29) is 11.3 Å². The minimum Gasteiger partial charge on any atom is -0.310 e. The topological polar surface area (TPSA) is 73.2 Å². The second kappa shape index (κ2) is 7.33. The lowest BCUT2D eigenvalue weighted by molar-refractivity contribution is 0.112. The molecule has 128 valence electrons. The third-order valence-corrected chi connectivity index (χ3v) is 5.01. The van der Waals surface area contributed by atoms with Crippen molar-refractivity contribution in [1.29, 1.82) is 0 Å². The monoisotopic (exact) mass is 419 g/mol. The van der Waals surface area contributed by atoms with Crippen LogP contribution in [0.25, 0.3) is 10.8 Å². The van der Waals surface area contributed by atoms with Gasteiger partial charge in [0.15, 0.2) is 6.29 Å². The van der Waals surface area contributed by atoms with Crippen molar-refractivity contribution >= 4 is 43.7 Å². The fraction of sp³-hybridized carbons (Fsp3) is 0.111. The third-order valence-electron chi connectivity index (χ3n) is 3.89. The van der Waals surface area contributed by atoms with E-state index in [0.717, 1.165) is 16.3 Å². The van der Waals surface area contributed by atoms with Crippen LogP contribution in [0.3, 0.4) is 0 Å². The highest BCUT2D eigenvalue weighted by molar-refractivity contribution is 9.10. The number of aromatic nitrogens is 1. The average molecular weight is 420 g/mol. The zero-order chi connectivity index (χ0) is 18.0. The number of pyridine rings is 1. The molecule has 3 aromatic rings. The summed E-state index contributed by atoms with van der Waals surface area (Å²) in [7, 11) is -2.47. The zero-order valence-electron chi connectivity index (χ0n) is 13.0. The van der Waals surface area contributed by atoms with Crippen LogP contribution in [0.1, 0.15) is 21.5 Å². The standard InChI is InChI=1S/C18H14BrNO4S/c19-15-5-6-16-17(7-15)14(10-21)9-20(18(16)22)8-12-1-3-13(4-2-12)11-25(23)24/h1-7,9-10,25H,8,11H2. The highest BCUT2D eigenvalue weighted by Gasteiger charge is 2.09. The summed E-state index contributed by atoms with van der Waals surface area (Å²) in [5.74, 6) is -0.00426. The summed E-state index contributed by atoms with van der Waals surface area (Å²) >= 11 is 3.35. The Bertz CT molecular complexity index is 1080. The van der Waals surface area contributed by atoms with E-state index in [0.29, 0.717) is 28.4 Å². The molecular formula is C18H14BrNO4S. The lowest BCUT2D eigenvalue weighted by atomic mass is 10.1. The van der Waals surface area contributed by atoms with E-state index in [1.807, 2.05) is 0 Å². The summed E-state index contributed by atoms with van der Waals surface area (Å²) in [6.07, 6.45) is 2.28. The molecule has 0 amide bonds. The van der Waals surface area contributed by atoms with Gasteiger partial charge in [0.25, 0.3) is 5.56 Å². The number of fused-ring (bicyclic) bond motifs is 1. The van der Waals surface area contributed by atoms with Crippen molar-refractivity contribution in [1.82, 2.24) is 4.57 Å². The average Bonchev–Trinajstić information content (AvgIpc) is 2.58. The normalized spacial score (nSPS) is 11.1. The van der Waals surface area contributed by atoms with E-state index in [9.17, 15) is 18.0 Å². The number of carbonyl (C=O) groups excluding carboxylic acids is 1. The molecule has 0 saturated carbocycles. The Morgan fingerprint density at radius 3 is 2.32 bits per heavy atom. The molecule has 0 unspecified atom stereocenters. The molecule has 0 bridgehead atoms. The molecule has 0 atom stereocenters. The summed E-state index contributed by atoms with van der Waals surface area (Å²) in [5, 5.41) is 1.09. The SMILES string of the molecule is O=Cc1cn(Cc2ccc(C[SH](=O)=O)cc2)c(=O)c2ccc(Br)cc12. The highest BCUT2D eigenvalue weighted by Crippen LogP contribution is 2.20. The van der Waals surface area contributed by atoms with Crippen molar-refractivity contribution in [3.05, 3.63) is 80.2 Å². The molecule has 5 nitrogen and oxygen atoms in total. The quantitative estimate of drug-likeness (QED) is 0.509. The first-order valence-electron chi connectivity index (χ1n) is 7.45. The highest BCUT2D eigenvalue weighted by atomic mass is 79.9. The van der Waals surface area contributed by atoms with E-state index in [1.165, 1.54) is 4.57 Å². The number of halogens is 1. The van der Waals surface area contributed by atoms with E-state index in [4.69, 9.17) is 0 Å². The van der Waals surface area contributed by atoms with Gasteiger partial charge in [-0.15, -0.1) is 0 Å². The number of hydrogen-bond donors (Lipinski definition) is 1. The number of rotatable bonds is 5. The maximum atomic E-state index is 12.7. The van der Waals surface area contributed by atoms with E-state index in [2.05, 4.69) is 15.9 Å². The minimum atomic E-state index is -2.47. The first kappa shape index (κ1) is 17.6. The molecule has 0 aliphatic rings. The fourth-order valence-corrected chi connectivity index (χ4v) is 3.57. The van der Waals surface area contributed by atoms with Crippen molar-refractivity contribution in [2.45, 2.75) is 12.3 Å². The van der Waals surface area contributed by atoms with Gasteiger partial charge in [0, 0.05) is 27.0 Å². The lowest BCUT2D eigenvalue weighted by Crippen LogP contribution is -2.21. The Balaban J connectivity index is 2.01. The summed E-state index contributed by atoms with van der Waals surface area (Å²) in [6, 6.07) is 12.2. The Kier molecular flexibility index (Phi) is 5.15. The predicted octanol–water partition coefficient (Wildman–Crippen LogP) is 2.74. The van der Waals surface area contributed by atoms with Gasteiger partial charge in [-0.25, -0.2) is 8.42 Å². The van der Waals surface area contributed by atoms with Gasteiger partial charge in [0.2, 0.25) is 0 Å². The van der Waals surface area contributed by atoms with Crippen LogP contribution in [-0.4, -0.2) is 19.3 Å². The molecule has 0 N–H and O–H groups in total. The van der Waals surface area contributed by atoms with E-state index < -0.39 is 10.7 Å². The minimum absolute atomic E-state index is 0.00426. The first-order valence-corrected chi connectivity index (χ1v) is 9.61. The molecule has 3 rings (SSSR count). The summed E-state index contributed by atoms with van der Waals surface area (Å²) in [5.41, 5.74) is 1.81. The smallest absolute Gasteiger partial charge is 0.258 e. The maximum Gasteiger partial charge on any atom is 0.258 e. The van der Waals surface area contributed by atoms with Gasteiger partial charge < -0.3 is 4.57 Å². The van der Waals surface area contributed by atoms with E-state index >= 15 is 0 Å². The molecule has 0 aliphatic heterocycles. The van der Waals surface area contributed by atoms with Crippen LogP contribution >= 0.6 is 15.9 Å². The Morgan fingerprint density at radius 1 is 1.00 bits per heavy atom. The predicted molar refractivity (Wildman–Crippen MR) is 101 cm³/mol.